The average molecular weight is 402 g/mol. The second kappa shape index (κ2) is 10.6. The normalized spacial score (nSPS) is 10.6. The molecule has 0 atom stereocenters. The van der Waals surface area contributed by atoms with Crippen LogP contribution < -0.4 is 9.47 Å². The highest BCUT2D eigenvalue weighted by atomic mass is 16.5. The van der Waals surface area contributed by atoms with Gasteiger partial charge in [-0.15, -0.1) is 0 Å². The molecule has 0 saturated carbocycles. The van der Waals surface area contributed by atoms with E-state index < -0.39 is 11.9 Å². The van der Waals surface area contributed by atoms with E-state index in [0.29, 0.717) is 17.7 Å². The van der Waals surface area contributed by atoms with E-state index in [2.05, 4.69) is 0 Å². The number of ether oxygens (including phenoxy) is 3. The third kappa shape index (κ3) is 6.07. The molecule has 0 aromatic heterocycles. The van der Waals surface area contributed by atoms with Gasteiger partial charge in [-0.2, -0.15) is 0 Å². The molecule has 0 aliphatic heterocycles. The molecule has 0 saturated heterocycles. The van der Waals surface area contributed by atoms with Gasteiger partial charge in [-0.05, 0) is 35.9 Å². The van der Waals surface area contributed by atoms with E-state index in [9.17, 15) is 9.59 Å². The Kier molecular flexibility index (Phi) is 7.39. The largest absolute Gasteiger partial charge is 0.496 e. The molecule has 0 N–H and O–H groups in total. The van der Waals surface area contributed by atoms with Gasteiger partial charge in [0.1, 0.15) is 11.5 Å². The summed E-state index contributed by atoms with van der Waals surface area (Å²) in [5, 5.41) is 0. The minimum absolute atomic E-state index is 0.266. The first-order chi connectivity index (χ1) is 14.7. The zero-order chi connectivity index (χ0) is 21.2. The van der Waals surface area contributed by atoms with Crippen LogP contribution in [0.25, 0.3) is 6.08 Å². The van der Waals surface area contributed by atoms with Crippen molar-refractivity contribution < 1.29 is 23.8 Å². The van der Waals surface area contributed by atoms with Crippen molar-refractivity contribution in [2.45, 2.75) is 6.42 Å². The van der Waals surface area contributed by atoms with Crippen LogP contribution in [-0.4, -0.2) is 25.7 Å². The minimum atomic E-state index is -0.560. The summed E-state index contributed by atoms with van der Waals surface area (Å²) in [5.41, 5.74) is 2.17. The highest BCUT2D eigenvalue weighted by Crippen LogP contribution is 2.19. The minimum Gasteiger partial charge on any atom is -0.496 e. The van der Waals surface area contributed by atoms with Crippen LogP contribution in [0.3, 0.4) is 0 Å². The highest BCUT2D eigenvalue weighted by molar-refractivity contribution is 5.91. The Morgan fingerprint density at radius 1 is 0.900 bits per heavy atom. The van der Waals surface area contributed by atoms with E-state index in [1.165, 1.54) is 12.1 Å². The molecule has 3 aromatic rings. The molecule has 0 heterocycles. The summed E-state index contributed by atoms with van der Waals surface area (Å²) in [5.74, 6) is -0.104. The summed E-state index contributed by atoms with van der Waals surface area (Å²) in [4.78, 5) is 24.4. The third-order valence-corrected chi connectivity index (χ3v) is 4.29. The molecule has 0 unspecified atom stereocenters. The first kappa shape index (κ1) is 20.9. The Bertz CT molecular complexity index is 1020. The number of carbonyl (C=O) groups is 2. The monoisotopic (exact) mass is 402 g/mol. The third-order valence-electron chi connectivity index (χ3n) is 4.29. The maximum atomic E-state index is 12.3. The molecule has 0 amide bonds. The molecule has 5 nitrogen and oxygen atoms in total. The van der Waals surface area contributed by atoms with Crippen LogP contribution in [0.15, 0.2) is 84.9 Å². The van der Waals surface area contributed by atoms with Gasteiger partial charge in [0, 0.05) is 18.1 Å². The van der Waals surface area contributed by atoms with Crippen molar-refractivity contribution in [3.05, 3.63) is 102 Å². The maximum Gasteiger partial charge on any atom is 0.338 e. The molecule has 0 spiro atoms. The molecular weight excluding hydrogens is 380 g/mol. The molecule has 0 radical (unpaired) electrons. The van der Waals surface area contributed by atoms with Crippen LogP contribution in [-0.2, 0) is 16.0 Å². The fourth-order valence-electron chi connectivity index (χ4n) is 2.79. The Morgan fingerprint density at radius 3 is 2.47 bits per heavy atom. The molecule has 3 rings (SSSR count). The van der Waals surface area contributed by atoms with E-state index in [-0.39, 0.29) is 12.4 Å². The maximum absolute atomic E-state index is 12.3. The number of carbonyl (C=O) groups excluding carboxylic acids is 2. The molecule has 152 valence electrons. The van der Waals surface area contributed by atoms with Gasteiger partial charge in [0.25, 0.3) is 0 Å². The molecule has 0 aliphatic rings. The lowest BCUT2D eigenvalue weighted by Gasteiger charge is -2.07. The first-order valence-corrected chi connectivity index (χ1v) is 9.50. The number of para-hydroxylation sites is 1. The molecule has 0 aliphatic carbocycles. The van der Waals surface area contributed by atoms with Crippen molar-refractivity contribution in [2.75, 3.05) is 13.7 Å². The van der Waals surface area contributed by atoms with Gasteiger partial charge in [-0.25, -0.2) is 9.59 Å². The molecule has 3 aromatic carbocycles. The van der Waals surface area contributed by atoms with Crippen molar-refractivity contribution in [3.8, 4) is 11.5 Å². The van der Waals surface area contributed by atoms with Crippen LogP contribution in [0.4, 0.5) is 0 Å². The summed E-state index contributed by atoms with van der Waals surface area (Å²) in [6, 6.07) is 23.5. The predicted molar refractivity (Wildman–Crippen MR) is 115 cm³/mol. The van der Waals surface area contributed by atoms with E-state index in [1.807, 2.05) is 48.5 Å². The van der Waals surface area contributed by atoms with Crippen molar-refractivity contribution in [3.63, 3.8) is 0 Å². The van der Waals surface area contributed by atoms with Crippen molar-refractivity contribution in [2.24, 2.45) is 0 Å². The average Bonchev–Trinajstić information content (AvgIpc) is 2.78. The zero-order valence-electron chi connectivity index (χ0n) is 16.6. The zero-order valence-corrected chi connectivity index (χ0v) is 16.6. The summed E-state index contributed by atoms with van der Waals surface area (Å²) in [6.07, 6.45) is 3.56. The van der Waals surface area contributed by atoms with Crippen LogP contribution in [0.5, 0.6) is 11.5 Å². The van der Waals surface area contributed by atoms with Crippen molar-refractivity contribution in [1.29, 1.82) is 0 Å². The van der Waals surface area contributed by atoms with E-state index >= 15 is 0 Å². The van der Waals surface area contributed by atoms with Crippen LogP contribution in [0, 0.1) is 0 Å². The number of hydrogen-bond acceptors (Lipinski definition) is 5. The summed E-state index contributed by atoms with van der Waals surface area (Å²) in [6.45, 7) is 0.272. The second-order valence-corrected chi connectivity index (χ2v) is 6.40. The van der Waals surface area contributed by atoms with Gasteiger partial charge in [0.05, 0.1) is 19.3 Å². The Balaban J connectivity index is 1.56. The summed E-state index contributed by atoms with van der Waals surface area (Å²) < 4.78 is 15.9. The van der Waals surface area contributed by atoms with Gasteiger partial charge in [-0.1, -0.05) is 54.6 Å². The predicted octanol–water partition coefficient (Wildman–Crippen LogP) is 4.71. The Hall–Kier alpha value is -3.86. The standard InChI is InChI=1S/C25H22O5/c1-28-23-13-6-5-10-20(23)14-15-24(26)30-22-12-7-11-21(18-22)25(27)29-17-16-19-8-3-2-4-9-19/h2-15,18H,16-17H2,1H3/b15-14+. The lowest BCUT2D eigenvalue weighted by Crippen LogP contribution is -2.09. The number of methoxy groups -OCH3 is 1. The summed E-state index contributed by atoms with van der Waals surface area (Å²) >= 11 is 0. The van der Waals surface area contributed by atoms with E-state index in [0.717, 1.165) is 11.1 Å². The van der Waals surface area contributed by atoms with Crippen LogP contribution in [0.2, 0.25) is 0 Å². The van der Waals surface area contributed by atoms with Crippen molar-refractivity contribution >= 4 is 18.0 Å². The molecule has 0 bridgehead atoms. The second-order valence-electron chi connectivity index (χ2n) is 6.40. The van der Waals surface area contributed by atoms with Crippen LogP contribution in [0.1, 0.15) is 21.5 Å². The van der Waals surface area contributed by atoms with Gasteiger partial charge >= 0.3 is 11.9 Å². The molecule has 30 heavy (non-hydrogen) atoms. The lowest BCUT2D eigenvalue weighted by molar-refractivity contribution is -0.128. The van der Waals surface area contributed by atoms with Crippen molar-refractivity contribution in [1.82, 2.24) is 0 Å². The fourth-order valence-corrected chi connectivity index (χ4v) is 2.79. The smallest absolute Gasteiger partial charge is 0.338 e. The molecular formula is C25H22O5. The highest BCUT2D eigenvalue weighted by Gasteiger charge is 2.10. The number of hydrogen-bond donors (Lipinski definition) is 0. The number of benzene rings is 3. The Labute approximate surface area is 175 Å². The number of rotatable bonds is 8. The van der Waals surface area contributed by atoms with E-state index in [1.54, 1.807) is 37.5 Å². The van der Waals surface area contributed by atoms with E-state index in [4.69, 9.17) is 14.2 Å². The summed E-state index contributed by atoms with van der Waals surface area (Å²) in [7, 11) is 1.56. The van der Waals surface area contributed by atoms with Crippen LogP contribution >= 0.6 is 0 Å². The number of esters is 2. The SMILES string of the molecule is COc1ccccc1/C=C/C(=O)Oc1cccc(C(=O)OCCc2ccccc2)c1. The van der Waals surface area contributed by atoms with Gasteiger partial charge in [-0.3, -0.25) is 0 Å². The molecule has 5 heteroatoms. The van der Waals surface area contributed by atoms with Gasteiger partial charge in [0.2, 0.25) is 0 Å². The van der Waals surface area contributed by atoms with Gasteiger partial charge < -0.3 is 14.2 Å². The molecule has 0 fully saturated rings. The fraction of sp³-hybridized carbons (Fsp3) is 0.120. The Morgan fingerprint density at radius 2 is 1.67 bits per heavy atom. The first-order valence-electron chi connectivity index (χ1n) is 9.50. The lowest BCUT2D eigenvalue weighted by atomic mass is 10.2. The quantitative estimate of drug-likeness (QED) is 0.310. The van der Waals surface area contributed by atoms with Gasteiger partial charge in [0.15, 0.2) is 0 Å². The topological polar surface area (TPSA) is 61.8 Å².